The van der Waals surface area contributed by atoms with Crippen LogP contribution in [0.2, 0.25) is 0 Å². The second kappa shape index (κ2) is 5.42. The highest BCUT2D eigenvalue weighted by Crippen LogP contribution is 2.19. The normalized spacial score (nSPS) is 10.5. The zero-order valence-corrected chi connectivity index (χ0v) is 10.0. The molecule has 0 atom stereocenters. The fraction of sp³-hybridized carbons (Fsp3) is 0.250. The minimum Gasteiger partial charge on any atom is -0.307 e. The number of hydrogen-bond donors (Lipinski definition) is 2. The number of nitro groups is 1. The van der Waals surface area contributed by atoms with E-state index < -0.39 is 0 Å². The van der Waals surface area contributed by atoms with E-state index in [-0.39, 0.29) is 10.6 Å². The summed E-state index contributed by atoms with van der Waals surface area (Å²) in [7, 11) is 0. The highest BCUT2D eigenvalue weighted by molar-refractivity contribution is 5.42. The first-order valence-corrected chi connectivity index (χ1v) is 5.59. The van der Waals surface area contributed by atoms with Crippen LogP contribution in [0, 0.1) is 17.0 Å². The van der Waals surface area contributed by atoms with E-state index in [0.717, 1.165) is 11.3 Å². The molecule has 1 aromatic heterocycles. The zero-order chi connectivity index (χ0) is 13.0. The molecule has 0 unspecified atom stereocenters. The van der Waals surface area contributed by atoms with E-state index in [9.17, 15) is 10.1 Å². The molecule has 0 aliphatic heterocycles. The number of nitrogens with one attached hydrogen (secondary N) is 2. The second-order valence-corrected chi connectivity index (χ2v) is 4.06. The van der Waals surface area contributed by atoms with Crippen molar-refractivity contribution in [2.45, 2.75) is 20.0 Å². The fourth-order valence-electron chi connectivity index (χ4n) is 1.69. The molecule has 0 aliphatic rings. The van der Waals surface area contributed by atoms with E-state index >= 15 is 0 Å². The summed E-state index contributed by atoms with van der Waals surface area (Å²) in [6.45, 7) is 2.97. The molecule has 2 aromatic rings. The number of aromatic amines is 1. The average Bonchev–Trinajstić information content (AvgIpc) is 2.84. The van der Waals surface area contributed by atoms with E-state index in [2.05, 4.69) is 15.5 Å². The van der Waals surface area contributed by atoms with Crippen LogP contribution in [0.15, 0.2) is 30.5 Å². The summed E-state index contributed by atoms with van der Waals surface area (Å²) in [5.74, 6) is 0. The van der Waals surface area contributed by atoms with Crippen LogP contribution in [0.25, 0.3) is 0 Å². The molecule has 18 heavy (non-hydrogen) atoms. The summed E-state index contributed by atoms with van der Waals surface area (Å²) in [6, 6.07) is 7.15. The van der Waals surface area contributed by atoms with Gasteiger partial charge in [-0.15, -0.1) is 0 Å². The number of hydrogen-bond acceptors (Lipinski definition) is 4. The van der Waals surface area contributed by atoms with E-state index in [1.165, 1.54) is 0 Å². The van der Waals surface area contributed by atoms with Gasteiger partial charge in [0.2, 0.25) is 0 Å². The average molecular weight is 246 g/mol. The Bertz CT molecular complexity index is 537. The molecule has 2 N–H and O–H groups in total. The number of rotatable bonds is 5. The minimum atomic E-state index is -0.353. The van der Waals surface area contributed by atoms with Crippen molar-refractivity contribution in [2.75, 3.05) is 0 Å². The van der Waals surface area contributed by atoms with Crippen molar-refractivity contribution in [1.82, 2.24) is 15.5 Å². The van der Waals surface area contributed by atoms with Gasteiger partial charge < -0.3 is 5.32 Å². The summed E-state index contributed by atoms with van der Waals surface area (Å²) < 4.78 is 0. The van der Waals surface area contributed by atoms with Crippen molar-refractivity contribution in [1.29, 1.82) is 0 Å². The molecule has 1 heterocycles. The molecule has 94 valence electrons. The first-order chi connectivity index (χ1) is 8.66. The van der Waals surface area contributed by atoms with E-state index in [1.807, 2.05) is 12.1 Å². The van der Waals surface area contributed by atoms with Crippen LogP contribution in [0.4, 0.5) is 5.69 Å². The Labute approximate surface area is 104 Å². The number of nitro benzene ring substituents is 1. The van der Waals surface area contributed by atoms with Crippen molar-refractivity contribution in [2.24, 2.45) is 0 Å². The highest BCUT2D eigenvalue weighted by atomic mass is 16.6. The van der Waals surface area contributed by atoms with Crippen LogP contribution in [0.1, 0.15) is 16.8 Å². The van der Waals surface area contributed by atoms with Gasteiger partial charge in [0, 0.05) is 36.6 Å². The molecule has 0 spiro atoms. The maximum absolute atomic E-state index is 10.8. The molecule has 0 amide bonds. The maximum atomic E-state index is 10.8. The lowest BCUT2D eigenvalue weighted by atomic mass is 10.1. The molecule has 0 fully saturated rings. The quantitative estimate of drug-likeness (QED) is 0.623. The Morgan fingerprint density at radius 3 is 2.89 bits per heavy atom. The van der Waals surface area contributed by atoms with Gasteiger partial charge in [0.25, 0.3) is 5.69 Å². The number of aromatic nitrogens is 2. The Balaban J connectivity index is 1.97. The molecule has 2 rings (SSSR count). The predicted molar refractivity (Wildman–Crippen MR) is 67.0 cm³/mol. The maximum Gasteiger partial charge on any atom is 0.272 e. The van der Waals surface area contributed by atoms with Crippen LogP contribution in [-0.4, -0.2) is 15.1 Å². The van der Waals surface area contributed by atoms with Crippen LogP contribution < -0.4 is 5.32 Å². The number of nitrogens with zero attached hydrogens (tertiary/aromatic N) is 2. The standard InChI is InChI=1S/C12H14N4O2/c1-9-2-3-10(6-12(9)16(17)18)7-13-8-11-4-5-14-15-11/h2-6,13H,7-8H2,1H3,(H,14,15). The lowest BCUT2D eigenvalue weighted by Gasteiger charge is -2.04. The SMILES string of the molecule is Cc1ccc(CNCc2ccn[nH]2)cc1[N+](=O)[O-]. The summed E-state index contributed by atoms with van der Waals surface area (Å²) >= 11 is 0. The molecule has 0 aliphatic carbocycles. The molecule has 6 heteroatoms. The lowest BCUT2D eigenvalue weighted by molar-refractivity contribution is -0.385. The fourth-order valence-corrected chi connectivity index (χ4v) is 1.69. The zero-order valence-electron chi connectivity index (χ0n) is 10.0. The third-order valence-electron chi connectivity index (χ3n) is 2.67. The first kappa shape index (κ1) is 12.3. The van der Waals surface area contributed by atoms with Crippen molar-refractivity contribution in [3.8, 4) is 0 Å². The second-order valence-electron chi connectivity index (χ2n) is 4.06. The van der Waals surface area contributed by atoms with Gasteiger partial charge in [-0.2, -0.15) is 5.10 Å². The summed E-state index contributed by atoms with van der Waals surface area (Å²) in [5, 5.41) is 20.7. The van der Waals surface area contributed by atoms with Crippen molar-refractivity contribution < 1.29 is 4.92 Å². The van der Waals surface area contributed by atoms with E-state index in [0.29, 0.717) is 18.7 Å². The van der Waals surface area contributed by atoms with Crippen molar-refractivity contribution in [3.63, 3.8) is 0 Å². The van der Waals surface area contributed by atoms with Crippen LogP contribution >= 0.6 is 0 Å². The summed E-state index contributed by atoms with van der Waals surface area (Å²) in [6.07, 6.45) is 1.69. The Morgan fingerprint density at radius 2 is 2.22 bits per heavy atom. The summed E-state index contributed by atoms with van der Waals surface area (Å²) in [4.78, 5) is 10.5. The molecule has 6 nitrogen and oxygen atoms in total. The van der Waals surface area contributed by atoms with Crippen LogP contribution in [-0.2, 0) is 13.1 Å². The van der Waals surface area contributed by atoms with Gasteiger partial charge in [-0.05, 0) is 18.6 Å². The van der Waals surface area contributed by atoms with Gasteiger partial charge in [0.05, 0.1) is 4.92 Å². The topological polar surface area (TPSA) is 83.8 Å². The molecular formula is C12H14N4O2. The molecule has 0 saturated heterocycles. The Kier molecular flexibility index (Phi) is 3.69. The largest absolute Gasteiger partial charge is 0.307 e. The minimum absolute atomic E-state index is 0.163. The van der Waals surface area contributed by atoms with Gasteiger partial charge in [-0.25, -0.2) is 0 Å². The molecular weight excluding hydrogens is 232 g/mol. The highest BCUT2D eigenvalue weighted by Gasteiger charge is 2.10. The smallest absolute Gasteiger partial charge is 0.272 e. The Morgan fingerprint density at radius 1 is 1.39 bits per heavy atom. The van der Waals surface area contributed by atoms with Gasteiger partial charge in [0.1, 0.15) is 0 Å². The Hall–Kier alpha value is -2.21. The van der Waals surface area contributed by atoms with E-state index in [1.54, 1.807) is 25.3 Å². The van der Waals surface area contributed by atoms with Crippen molar-refractivity contribution >= 4 is 5.69 Å². The third kappa shape index (κ3) is 2.92. The van der Waals surface area contributed by atoms with E-state index in [4.69, 9.17) is 0 Å². The first-order valence-electron chi connectivity index (χ1n) is 5.59. The lowest BCUT2D eigenvalue weighted by Crippen LogP contribution is -2.13. The monoisotopic (exact) mass is 246 g/mol. The molecule has 0 bridgehead atoms. The molecule has 0 saturated carbocycles. The van der Waals surface area contributed by atoms with Gasteiger partial charge in [0.15, 0.2) is 0 Å². The number of aryl methyl sites for hydroxylation is 1. The van der Waals surface area contributed by atoms with Gasteiger partial charge in [-0.3, -0.25) is 15.2 Å². The van der Waals surface area contributed by atoms with Crippen LogP contribution in [0.3, 0.4) is 0 Å². The predicted octanol–water partition coefficient (Wildman–Crippen LogP) is 1.92. The third-order valence-corrected chi connectivity index (χ3v) is 2.67. The van der Waals surface area contributed by atoms with Crippen molar-refractivity contribution in [3.05, 3.63) is 57.4 Å². The van der Waals surface area contributed by atoms with Crippen LogP contribution in [0.5, 0.6) is 0 Å². The number of H-pyrrole nitrogens is 1. The number of benzene rings is 1. The molecule has 1 aromatic carbocycles. The summed E-state index contributed by atoms with van der Waals surface area (Å²) in [5.41, 5.74) is 2.72. The van der Waals surface area contributed by atoms with Gasteiger partial charge in [-0.1, -0.05) is 12.1 Å². The molecule has 0 radical (unpaired) electrons. The van der Waals surface area contributed by atoms with Gasteiger partial charge >= 0.3 is 0 Å².